The first-order valence-corrected chi connectivity index (χ1v) is 4.80. The zero-order valence-corrected chi connectivity index (χ0v) is 8.17. The first kappa shape index (κ1) is 8.89. The number of rotatable bonds is 2. The summed E-state index contributed by atoms with van der Waals surface area (Å²) in [6, 6.07) is 3.52. The molecule has 1 heterocycles. The van der Waals surface area contributed by atoms with Gasteiger partial charge in [-0.25, -0.2) is 4.98 Å². The van der Waals surface area contributed by atoms with Crippen LogP contribution in [0.4, 0.5) is 11.4 Å². The van der Waals surface area contributed by atoms with Gasteiger partial charge in [0, 0.05) is 7.05 Å². The van der Waals surface area contributed by atoms with Crippen molar-refractivity contribution in [3.05, 3.63) is 27.8 Å². The van der Waals surface area contributed by atoms with Crippen LogP contribution in [-0.2, 0) is 0 Å². The van der Waals surface area contributed by atoms with Gasteiger partial charge in [0.05, 0.1) is 15.1 Å². The Labute approximate surface area is 83.5 Å². The Kier molecular flexibility index (Phi) is 2.05. The lowest BCUT2D eigenvalue weighted by molar-refractivity contribution is -0.382. The molecule has 0 unspecified atom stereocenters. The van der Waals surface area contributed by atoms with Gasteiger partial charge in [-0.1, -0.05) is 0 Å². The number of anilines is 1. The largest absolute Gasteiger partial charge is 0.382 e. The molecule has 0 radical (unpaired) electrons. The number of fused-ring (bicyclic) bond motifs is 1. The zero-order valence-electron chi connectivity index (χ0n) is 7.35. The predicted octanol–water partition coefficient (Wildman–Crippen LogP) is 2.25. The SMILES string of the molecule is CNc1ccc2scnc2c1[N+](=O)[O-]. The molecule has 14 heavy (non-hydrogen) atoms. The number of nitrogens with one attached hydrogen (secondary N) is 1. The van der Waals surface area contributed by atoms with Gasteiger partial charge in [0.2, 0.25) is 0 Å². The van der Waals surface area contributed by atoms with Gasteiger partial charge in [-0.3, -0.25) is 10.1 Å². The highest BCUT2D eigenvalue weighted by Crippen LogP contribution is 2.33. The molecule has 2 aromatic rings. The van der Waals surface area contributed by atoms with Gasteiger partial charge in [-0.05, 0) is 12.1 Å². The number of aromatic nitrogens is 1. The fraction of sp³-hybridized carbons (Fsp3) is 0.125. The van der Waals surface area contributed by atoms with Crippen molar-refractivity contribution in [3.8, 4) is 0 Å². The normalized spacial score (nSPS) is 10.4. The lowest BCUT2D eigenvalue weighted by Gasteiger charge is -2.01. The number of hydrogen-bond acceptors (Lipinski definition) is 5. The van der Waals surface area contributed by atoms with E-state index in [9.17, 15) is 10.1 Å². The minimum absolute atomic E-state index is 0.0475. The van der Waals surface area contributed by atoms with Gasteiger partial charge in [0.15, 0.2) is 5.52 Å². The molecule has 0 atom stereocenters. The molecule has 2 rings (SSSR count). The maximum atomic E-state index is 10.8. The average Bonchev–Trinajstić information content (AvgIpc) is 2.62. The quantitative estimate of drug-likeness (QED) is 0.608. The number of nitro benzene ring substituents is 1. The number of thiazole rings is 1. The van der Waals surface area contributed by atoms with Crippen LogP contribution in [0.2, 0.25) is 0 Å². The van der Waals surface area contributed by atoms with Crippen LogP contribution in [0.1, 0.15) is 0 Å². The second-order valence-corrected chi connectivity index (χ2v) is 3.55. The highest BCUT2D eigenvalue weighted by Gasteiger charge is 2.19. The molecule has 0 saturated carbocycles. The standard InChI is InChI=1S/C8H7N3O2S/c1-9-5-2-3-6-7(10-4-14-6)8(5)11(12)13/h2-4,9H,1H3. The van der Waals surface area contributed by atoms with Gasteiger partial charge >= 0.3 is 5.69 Å². The van der Waals surface area contributed by atoms with Gasteiger partial charge in [0.25, 0.3) is 0 Å². The Bertz CT molecular complexity index is 494. The summed E-state index contributed by atoms with van der Waals surface area (Å²) in [7, 11) is 1.65. The van der Waals surface area contributed by atoms with Crippen molar-refractivity contribution < 1.29 is 4.92 Å². The van der Waals surface area contributed by atoms with E-state index in [0.717, 1.165) is 4.70 Å². The summed E-state index contributed by atoms with van der Waals surface area (Å²) in [6.07, 6.45) is 0. The molecule has 0 bridgehead atoms. The molecule has 72 valence electrons. The van der Waals surface area contributed by atoms with E-state index in [1.165, 1.54) is 11.3 Å². The number of hydrogen-bond donors (Lipinski definition) is 1. The summed E-state index contributed by atoms with van der Waals surface area (Å²) in [4.78, 5) is 14.4. The van der Waals surface area contributed by atoms with Gasteiger partial charge in [-0.2, -0.15) is 0 Å². The fourth-order valence-corrected chi connectivity index (χ4v) is 1.98. The third-order valence-electron chi connectivity index (χ3n) is 1.93. The second kappa shape index (κ2) is 3.22. The van der Waals surface area contributed by atoms with Crippen LogP contribution >= 0.6 is 11.3 Å². The Balaban J connectivity index is 2.82. The van der Waals surface area contributed by atoms with Crippen LogP contribution in [-0.4, -0.2) is 17.0 Å². The summed E-state index contributed by atoms with van der Waals surface area (Å²) in [6.45, 7) is 0. The van der Waals surface area contributed by atoms with Crippen LogP contribution in [0, 0.1) is 10.1 Å². The molecule has 0 aliphatic carbocycles. The molecular formula is C8H7N3O2S. The Morgan fingerprint density at radius 1 is 1.57 bits per heavy atom. The molecule has 1 N–H and O–H groups in total. The highest BCUT2D eigenvalue weighted by molar-refractivity contribution is 7.16. The third kappa shape index (κ3) is 1.20. The van der Waals surface area contributed by atoms with E-state index in [1.54, 1.807) is 18.6 Å². The molecule has 0 aliphatic heterocycles. The predicted molar refractivity (Wildman–Crippen MR) is 55.8 cm³/mol. The average molecular weight is 209 g/mol. The molecule has 0 fully saturated rings. The van der Waals surface area contributed by atoms with Gasteiger partial charge in [0.1, 0.15) is 5.69 Å². The van der Waals surface area contributed by atoms with Crippen LogP contribution in [0.25, 0.3) is 10.2 Å². The number of benzene rings is 1. The lowest BCUT2D eigenvalue weighted by atomic mass is 10.2. The molecule has 0 spiro atoms. The summed E-state index contributed by atoms with van der Waals surface area (Å²) in [5.74, 6) is 0. The van der Waals surface area contributed by atoms with Crippen LogP contribution < -0.4 is 5.32 Å². The highest BCUT2D eigenvalue weighted by atomic mass is 32.1. The maximum Gasteiger partial charge on any atom is 0.319 e. The van der Waals surface area contributed by atoms with Crippen molar-refractivity contribution in [2.45, 2.75) is 0 Å². The smallest absolute Gasteiger partial charge is 0.319 e. The first-order valence-electron chi connectivity index (χ1n) is 3.92. The third-order valence-corrected chi connectivity index (χ3v) is 2.72. The van der Waals surface area contributed by atoms with Gasteiger partial charge < -0.3 is 5.32 Å². The monoisotopic (exact) mass is 209 g/mol. The lowest BCUT2D eigenvalue weighted by Crippen LogP contribution is -1.96. The molecule has 5 nitrogen and oxygen atoms in total. The summed E-state index contributed by atoms with van der Waals surface area (Å²) >= 11 is 1.39. The first-order chi connectivity index (χ1) is 6.74. The summed E-state index contributed by atoms with van der Waals surface area (Å²) in [5.41, 5.74) is 2.60. The summed E-state index contributed by atoms with van der Waals surface area (Å²) in [5, 5.41) is 13.6. The van der Waals surface area contributed by atoms with E-state index in [4.69, 9.17) is 0 Å². The summed E-state index contributed by atoms with van der Waals surface area (Å²) < 4.78 is 0.829. The molecule has 6 heteroatoms. The van der Waals surface area contributed by atoms with Crippen molar-refractivity contribution >= 4 is 32.9 Å². The Hall–Kier alpha value is -1.69. The van der Waals surface area contributed by atoms with E-state index < -0.39 is 4.92 Å². The van der Waals surface area contributed by atoms with Crippen LogP contribution in [0.3, 0.4) is 0 Å². The van der Waals surface area contributed by atoms with E-state index >= 15 is 0 Å². The van der Waals surface area contributed by atoms with Crippen LogP contribution in [0.5, 0.6) is 0 Å². The molecule has 1 aromatic heterocycles. The van der Waals surface area contributed by atoms with Crippen molar-refractivity contribution in [1.82, 2.24) is 4.98 Å². The molecular weight excluding hydrogens is 202 g/mol. The number of nitro groups is 1. The number of nitrogens with zero attached hydrogens (tertiary/aromatic N) is 2. The van der Waals surface area contributed by atoms with E-state index in [0.29, 0.717) is 11.2 Å². The Morgan fingerprint density at radius 3 is 3.00 bits per heavy atom. The molecule has 1 aromatic carbocycles. The van der Waals surface area contributed by atoms with Crippen molar-refractivity contribution in [2.24, 2.45) is 0 Å². The van der Waals surface area contributed by atoms with Crippen molar-refractivity contribution in [3.63, 3.8) is 0 Å². The maximum absolute atomic E-state index is 10.8. The molecule has 0 amide bonds. The van der Waals surface area contributed by atoms with Crippen molar-refractivity contribution in [1.29, 1.82) is 0 Å². The second-order valence-electron chi connectivity index (χ2n) is 2.67. The van der Waals surface area contributed by atoms with E-state index in [-0.39, 0.29) is 5.69 Å². The van der Waals surface area contributed by atoms with E-state index in [2.05, 4.69) is 10.3 Å². The van der Waals surface area contributed by atoms with E-state index in [1.807, 2.05) is 6.07 Å². The van der Waals surface area contributed by atoms with Crippen molar-refractivity contribution in [2.75, 3.05) is 12.4 Å². The minimum atomic E-state index is -0.409. The fourth-order valence-electron chi connectivity index (χ4n) is 1.30. The minimum Gasteiger partial charge on any atom is -0.382 e. The van der Waals surface area contributed by atoms with Crippen LogP contribution in [0.15, 0.2) is 17.6 Å². The topological polar surface area (TPSA) is 68.1 Å². The molecule has 0 aliphatic rings. The zero-order chi connectivity index (χ0) is 10.1. The molecule has 0 saturated heterocycles. The Morgan fingerprint density at radius 2 is 2.36 bits per heavy atom. The van der Waals surface area contributed by atoms with Gasteiger partial charge in [-0.15, -0.1) is 11.3 Å².